The molecule has 2 aromatic rings. The molecule has 0 unspecified atom stereocenters. The Balaban J connectivity index is 1.62. The molecule has 7 nitrogen and oxygen atoms in total. The van der Waals surface area contributed by atoms with Gasteiger partial charge < -0.3 is 19.9 Å². The summed E-state index contributed by atoms with van der Waals surface area (Å²) in [6.45, 7) is 5.22. The van der Waals surface area contributed by atoms with Gasteiger partial charge in [-0.2, -0.15) is 0 Å². The molecule has 4 rings (SSSR count). The number of halogens is 1. The maximum atomic E-state index is 14.2. The van der Waals surface area contributed by atoms with Gasteiger partial charge in [0.2, 0.25) is 0 Å². The number of pyridine rings is 1. The third-order valence-corrected chi connectivity index (χ3v) is 5.56. The molecule has 8 heteroatoms. The minimum Gasteiger partial charge on any atom is -0.447 e. The highest BCUT2D eigenvalue weighted by molar-refractivity contribution is 5.98. The van der Waals surface area contributed by atoms with Crippen LogP contribution in [-0.4, -0.2) is 52.6 Å². The van der Waals surface area contributed by atoms with Crippen molar-refractivity contribution in [3.63, 3.8) is 0 Å². The molecule has 1 fully saturated rings. The largest absolute Gasteiger partial charge is 0.447 e. The quantitative estimate of drug-likeness (QED) is 0.831. The van der Waals surface area contributed by atoms with Gasteiger partial charge in [0.25, 0.3) is 5.91 Å². The van der Waals surface area contributed by atoms with Gasteiger partial charge in [-0.1, -0.05) is 0 Å². The van der Waals surface area contributed by atoms with Gasteiger partial charge in [-0.05, 0) is 38.8 Å². The summed E-state index contributed by atoms with van der Waals surface area (Å²) in [6, 6.07) is 3.28. The van der Waals surface area contributed by atoms with Crippen molar-refractivity contribution >= 4 is 12.0 Å². The number of amides is 2. The van der Waals surface area contributed by atoms with E-state index in [-0.39, 0.29) is 23.5 Å². The van der Waals surface area contributed by atoms with Crippen molar-refractivity contribution in [2.45, 2.75) is 38.2 Å². The van der Waals surface area contributed by atoms with Crippen LogP contribution >= 0.6 is 0 Å². The number of carbonyl (C=O) groups is 2. The van der Waals surface area contributed by atoms with Crippen LogP contribution in [0, 0.1) is 5.82 Å². The molecule has 2 amide bonds. The molecule has 28 heavy (non-hydrogen) atoms. The summed E-state index contributed by atoms with van der Waals surface area (Å²) in [5.41, 5.74) is 1.99. The number of hydrogen-bond acceptors (Lipinski definition) is 4. The summed E-state index contributed by atoms with van der Waals surface area (Å²) < 4.78 is 19.5. The van der Waals surface area contributed by atoms with Crippen molar-refractivity contribution in [2.75, 3.05) is 19.6 Å². The smallest absolute Gasteiger partial charge is 0.410 e. The number of ether oxygens (including phenoxy) is 1. The normalized spacial score (nSPS) is 18.1. The molecule has 2 aliphatic rings. The molecule has 148 valence electrons. The minimum absolute atomic E-state index is 0.162. The Morgan fingerprint density at radius 3 is 2.75 bits per heavy atom. The van der Waals surface area contributed by atoms with E-state index in [0.29, 0.717) is 49.3 Å². The van der Waals surface area contributed by atoms with Gasteiger partial charge in [-0.3, -0.25) is 9.78 Å². The number of rotatable bonds is 2. The second-order valence-corrected chi connectivity index (χ2v) is 7.71. The fourth-order valence-electron chi connectivity index (χ4n) is 4.04. The molecule has 0 atom stereocenters. The maximum absolute atomic E-state index is 14.2. The Hall–Kier alpha value is -2.90. The van der Waals surface area contributed by atoms with Gasteiger partial charge in [0.05, 0.1) is 17.9 Å². The number of aromatic nitrogens is 2. The molecule has 2 aromatic heterocycles. The summed E-state index contributed by atoms with van der Waals surface area (Å²) in [7, 11) is 0. The van der Waals surface area contributed by atoms with Crippen molar-refractivity contribution in [3.8, 4) is 11.3 Å². The number of carbonyl (C=O) groups excluding carboxylic acids is 2. The first kappa shape index (κ1) is 18.5. The van der Waals surface area contributed by atoms with E-state index >= 15 is 0 Å². The van der Waals surface area contributed by atoms with Crippen LogP contribution in [0.15, 0.2) is 24.5 Å². The monoisotopic (exact) mass is 386 g/mol. The van der Waals surface area contributed by atoms with Gasteiger partial charge in [-0.25, -0.2) is 9.18 Å². The summed E-state index contributed by atoms with van der Waals surface area (Å²) >= 11 is 0. The number of likely N-dealkylation sites (tertiary alicyclic amines) is 1. The molecule has 2 aliphatic heterocycles. The number of aromatic amines is 1. The predicted octanol–water partition coefficient (Wildman–Crippen LogP) is 2.84. The van der Waals surface area contributed by atoms with E-state index in [2.05, 4.69) is 15.3 Å². The lowest BCUT2D eigenvalue weighted by molar-refractivity contribution is 0.0585. The Bertz CT molecular complexity index is 916. The second-order valence-electron chi connectivity index (χ2n) is 7.71. The summed E-state index contributed by atoms with van der Waals surface area (Å²) in [5.74, 6) is -0.610. The predicted molar refractivity (Wildman–Crippen MR) is 100 cm³/mol. The van der Waals surface area contributed by atoms with Crippen molar-refractivity contribution in [1.29, 1.82) is 0 Å². The first-order chi connectivity index (χ1) is 13.4. The van der Waals surface area contributed by atoms with E-state index < -0.39 is 5.82 Å². The molecule has 1 saturated heterocycles. The van der Waals surface area contributed by atoms with Crippen LogP contribution in [0.1, 0.15) is 42.7 Å². The van der Waals surface area contributed by atoms with E-state index in [9.17, 15) is 14.0 Å². The molecular weight excluding hydrogens is 363 g/mol. The molecule has 0 saturated carbocycles. The molecule has 0 bridgehead atoms. The Kier molecular flexibility index (Phi) is 4.56. The van der Waals surface area contributed by atoms with Crippen LogP contribution < -0.4 is 5.32 Å². The van der Waals surface area contributed by atoms with Crippen molar-refractivity contribution in [3.05, 3.63) is 41.6 Å². The summed E-state index contributed by atoms with van der Waals surface area (Å²) in [5, 5.41) is 2.95. The molecule has 0 aliphatic carbocycles. The zero-order valence-electron chi connectivity index (χ0n) is 15.9. The van der Waals surface area contributed by atoms with Crippen LogP contribution in [0.4, 0.5) is 9.18 Å². The fourth-order valence-corrected chi connectivity index (χ4v) is 4.04. The lowest BCUT2D eigenvalue weighted by Gasteiger charge is -2.43. The highest BCUT2D eigenvalue weighted by Crippen LogP contribution is 2.40. The molecule has 2 N–H and O–H groups in total. The van der Waals surface area contributed by atoms with E-state index in [1.54, 1.807) is 17.0 Å². The minimum atomic E-state index is -0.443. The third-order valence-electron chi connectivity index (χ3n) is 5.56. The standard InChI is InChI=1S/C20H23FN4O3/c1-12(2)28-19(27)25-7-4-20(5-8-25)11-23-18(26)14-9-16(24-17(14)20)13-3-6-22-10-15(13)21/h3,6,9-10,12,24H,4-5,7-8,11H2,1-2H3,(H,23,26). The van der Waals surface area contributed by atoms with Gasteiger partial charge in [-0.15, -0.1) is 0 Å². The maximum Gasteiger partial charge on any atom is 0.410 e. The molecule has 4 heterocycles. The molecule has 0 radical (unpaired) electrons. The van der Waals surface area contributed by atoms with E-state index in [4.69, 9.17) is 4.74 Å². The topological polar surface area (TPSA) is 87.3 Å². The average molecular weight is 386 g/mol. The van der Waals surface area contributed by atoms with Crippen molar-refractivity contribution < 1.29 is 18.7 Å². The second kappa shape index (κ2) is 6.92. The molecular formula is C20H23FN4O3. The number of H-pyrrole nitrogens is 1. The van der Waals surface area contributed by atoms with Gasteiger partial charge in [0, 0.05) is 48.2 Å². The lowest BCUT2D eigenvalue weighted by Crippen LogP contribution is -2.53. The average Bonchev–Trinajstić information content (AvgIpc) is 3.12. The van der Waals surface area contributed by atoms with Crippen LogP contribution in [0.2, 0.25) is 0 Å². The van der Waals surface area contributed by atoms with E-state index in [1.807, 2.05) is 13.8 Å². The lowest BCUT2D eigenvalue weighted by atomic mass is 9.72. The first-order valence-electron chi connectivity index (χ1n) is 9.47. The summed E-state index contributed by atoms with van der Waals surface area (Å²) in [4.78, 5) is 33.4. The first-order valence-corrected chi connectivity index (χ1v) is 9.47. The SMILES string of the molecule is CC(C)OC(=O)N1CCC2(CC1)CNC(=O)c1cc(-c3ccncc3F)[nH]c12. The Labute approximate surface area is 162 Å². The van der Waals surface area contributed by atoms with Crippen LogP contribution in [0.5, 0.6) is 0 Å². The number of hydrogen-bond donors (Lipinski definition) is 2. The van der Waals surface area contributed by atoms with Crippen LogP contribution in [0.3, 0.4) is 0 Å². The Morgan fingerprint density at radius 1 is 1.32 bits per heavy atom. The molecule has 1 spiro atoms. The Morgan fingerprint density at radius 2 is 2.07 bits per heavy atom. The number of fused-ring (bicyclic) bond motifs is 2. The van der Waals surface area contributed by atoms with Crippen LogP contribution in [-0.2, 0) is 10.2 Å². The molecule has 0 aromatic carbocycles. The number of nitrogens with one attached hydrogen (secondary N) is 2. The highest BCUT2D eigenvalue weighted by Gasteiger charge is 2.44. The van der Waals surface area contributed by atoms with E-state index in [0.717, 1.165) is 11.9 Å². The van der Waals surface area contributed by atoms with Crippen molar-refractivity contribution in [2.24, 2.45) is 0 Å². The number of piperidine rings is 1. The zero-order chi connectivity index (χ0) is 19.9. The fraction of sp³-hybridized carbons (Fsp3) is 0.450. The van der Waals surface area contributed by atoms with Gasteiger partial charge in [0.1, 0.15) is 0 Å². The summed E-state index contributed by atoms with van der Waals surface area (Å²) in [6.07, 6.45) is 3.58. The van der Waals surface area contributed by atoms with Crippen LogP contribution in [0.25, 0.3) is 11.3 Å². The highest BCUT2D eigenvalue weighted by atomic mass is 19.1. The third kappa shape index (κ3) is 3.12. The van der Waals surface area contributed by atoms with Gasteiger partial charge >= 0.3 is 6.09 Å². The van der Waals surface area contributed by atoms with Gasteiger partial charge in [0.15, 0.2) is 5.82 Å². The number of nitrogens with zero attached hydrogens (tertiary/aromatic N) is 2. The van der Waals surface area contributed by atoms with Crippen molar-refractivity contribution in [1.82, 2.24) is 20.2 Å². The van der Waals surface area contributed by atoms with E-state index in [1.165, 1.54) is 6.20 Å². The zero-order valence-corrected chi connectivity index (χ0v) is 15.9.